The van der Waals surface area contributed by atoms with Gasteiger partial charge < -0.3 is 19.4 Å². The molecule has 2 aliphatic heterocycles. The summed E-state index contributed by atoms with van der Waals surface area (Å²) in [7, 11) is -4.63. The third kappa shape index (κ3) is 9.49. The number of hydrogen-bond donors (Lipinski definition) is 2. The molecular weight excluding hydrogens is 852 g/mol. The van der Waals surface area contributed by atoms with Gasteiger partial charge in [0.05, 0.1) is 33.7 Å². The maximum absolute atomic E-state index is 14.1. The number of anilines is 1. The van der Waals surface area contributed by atoms with Crippen molar-refractivity contribution in [3.05, 3.63) is 152 Å². The fourth-order valence-corrected chi connectivity index (χ4v) is 10.2. The summed E-state index contributed by atoms with van der Waals surface area (Å²) in [6, 6.07) is 28.9. The number of nitrogens with one attached hydrogen (secondary N) is 2. The average Bonchev–Trinajstić information content (AvgIpc) is 3.75. The van der Waals surface area contributed by atoms with Gasteiger partial charge in [-0.05, 0) is 90.6 Å². The van der Waals surface area contributed by atoms with E-state index in [-0.39, 0.29) is 40.7 Å². The molecule has 4 heterocycles. The van der Waals surface area contributed by atoms with E-state index in [9.17, 15) is 23.3 Å². The number of aromatic nitrogens is 2. The Kier molecular flexibility index (Phi) is 11.9. The van der Waals surface area contributed by atoms with Crippen molar-refractivity contribution in [3.8, 4) is 17.2 Å². The maximum Gasteiger partial charge on any atom is 0.277 e. The predicted octanol–water partition coefficient (Wildman–Crippen LogP) is 9.62. The molecule has 2 N–H and O–H groups in total. The van der Waals surface area contributed by atoms with Gasteiger partial charge in [-0.3, -0.25) is 19.8 Å². The molecule has 64 heavy (non-hydrogen) atoms. The van der Waals surface area contributed by atoms with Gasteiger partial charge in [-0.25, -0.2) is 18.1 Å². The molecule has 0 radical (unpaired) electrons. The lowest BCUT2D eigenvalue weighted by atomic mass is 9.72. The molecule has 0 unspecified atom stereocenters. The summed E-state index contributed by atoms with van der Waals surface area (Å²) in [4.78, 5) is 37.5. The van der Waals surface area contributed by atoms with Crippen LogP contribution in [0.1, 0.15) is 60.2 Å². The maximum atomic E-state index is 14.1. The molecule has 1 saturated heterocycles. The summed E-state index contributed by atoms with van der Waals surface area (Å²) < 4.78 is 42.3. The third-order valence-corrected chi connectivity index (χ3v) is 14.1. The molecule has 0 saturated carbocycles. The predicted molar refractivity (Wildman–Crippen MR) is 248 cm³/mol. The number of allylic oxidation sites excluding steroid dienone is 1. The summed E-state index contributed by atoms with van der Waals surface area (Å²) >= 11 is 6.25. The molecule has 0 spiro atoms. The van der Waals surface area contributed by atoms with Crippen molar-refractivity contribution in [1.29, 1.82) is 0 Å². The highest BCUT2D eigenvalue weighted by Gasteiger charge is 2.33. The van der Waals surface area contributed by atoms with Crippen LogP contribution in [-0.2, 0) is 22.9 Å². The Morgan fingerprint density at radius 2 is 1.80 bits per heavy atom. The fourth-order valence-electron chi connectivity index (χ4n) is 9.11. The first-order valence-electron chi connectivity index (χ1n) is 21.5. The van der Waals surface area contributed by atoms with E-state index in [1.54, 1.807) is 30.5 Å². The zero-order valence-electron chi connectivity index (χ0n) is 35.7. The number of ether oxygens (including phenoxy) is 2. The van der Waals surface area contributed by atoms with E-state index in [0.29, 0.717) is 29.8 Å². The van der Waals surface area contributed by atoms with Gasteiger partial charge in [-0.1, -0.05) is 73.5 Å². The molecule has 1 fully saturated rings. The Bertz CT molecular complexity index is 2870. The van der Waals surface area contributed by atoms with Gasteiger partial charge in [0.2, 0.25) is 0 Å². The first kappa shape index (κ1) is 43.1. The molecule has 15 heteroatoms. The van der Waals surface area contributed by atoms with Crippen LogP contribution in [0.5, 0.6) is 17.2 Å². The number of benzene rings is 4. The van der Waals surface area contributed by atoms with Crippen LogP contribution < -0.4 is 19.1 Å². The number of sulfonamides is 1. The quantitative estimate of drug-likeness (QED) is 0.0895. The molecule has 3 aliphatic rings. The van der Waals surface area contributed by atoms with Crippen LogP contribution in [0.2, 0.25) is 5.02 Å². The van der Waals surface area contributed by atoms with Gasteiger partial charge in [0.15, 0.2) is 0 Å². The number of aromatic amines is 1. The molecule has 0 bridgehead atoms. The second-order valence-electron chi connectivity index (χ2n) is 17.7. The summed E-state index contributed by atoms with van der Waals surface area (Å²) in [5.41, 5.74) is 6.75. The SMILES string of the molecule is CC1(C)CCC(CN2CCN(c3ccc(C(=O)NS(=O)(=O)c4cc5c(c([N+](=O)[O-])c4)C[C@@H](Cc4ccccc4)CO5)c(Oc4cnc5[nH]ccc5c4)c3)CC2)=C(c2ccc(Cl)cc2)C1. The number of H-pyrrole nitrogens is 1. The molecule has 6 aromatic rings. The zero-order valence-corrected chi connectivity index (χ0v) is 37.3. The number of halogens is 1. The Hall–Kier alpha value is -6.22. The lowest BCUT2D eigenvalue weighted by Crippen LogP contribution is -2.47. The van der Waals surface area contributed by atoms with Crippen LogP contribution >= 0.6 is 11.6 Å². The number of carbonyl (C=O) groups is 1. The van der Waals surface area contributed by atoms with Crippen molar-refractivity contribution in [2.24, 2.45) is 11.3 Å². The Morgan fingerprint density at radius 3 is 2.56 bits per heavy atom. The minimum absolute atomic E-state index is 0.0461. The molecule has 1 aliphatic carbocycles. The standard InChI is InChI=1S/C49H49ClN6O7S/c1-49(2)16-14-36(43(28-49)34-8-10-37(50)11-9-34)30-54-18-20-55(21-19-54)38-12-13-41(46(25-38)63-39-24-35-15-17-51-47(35)52-29-39)48(57)53-64(60,61)40-26-44(56(58)59)42-23-33(31-62-45(42)27-40)22-32-6-4-3-5-7-32/h3-13,15,17,24-27,29,33H,14,16,18-23,28,30-31H2,1-2H3,(H,51,52)(H,53,57)/t33-/m1/s1. The molecule has 2 aromatic heterocycles. The minimum Gasteiger partial charge on any atom is -0.493 e. The van der Waals surface area contributed by atoms with Gasteiger partial charge in [0, 0.05) is 79.1 Å². The van der Waals surface area contributed by atoms with E-state index in [1.807, 2.05) is 48.5 Å². The summed E-state index contributed by atoms with van der Waals surface area (Å²) in [6.45, 7) is 8.87. The van der Waals surface area contributed by atoms with Crippen LogP contribution in [-0.4, -0.2) is 73.4 Å². The molecule has 1 amide bonds. The number of nitro groups is 1. The van der Waals surface area contributed by atoms with Gasteiger partial charge >= 0.3 is 0 Å². The molecule has 1 atom stereocenters. The van der Waals surface area contributed by atoms with E-state index >= 15 is 0 Å². The number of amides is 1. The number of pyridine rings is 1. The lowest BCUT2D eigenvalue weighted by molar-refractivity contribution is -0.386. The van der Waals surface area contributed by atoms with Gasteiger partial charge in [0.1, 0.15) is 22.9 Å². The normalized spacial score (nSPS) is 17.7. The van der Waals surface area contributed by atoms with Crippen LogP contribution in [0.15, 0.2) is 120 Å². The smallest absolute Gasteiger partial charge is 0.277 e. The van der Waals surface area contributed by atoms with Crippen molar-refractivity contribution < 1.29 is 27.6 Å². The number of hydrogen-bond acceptors (Lipinski definition) is 10. The molecule has 13 nitrogen and oxygen atoms in total. The number of nitrogens with zero attached hydrogens (tertiary/aromatic N) is 4. The number of fused-ring (bicyclic) bond motifs is 2. The van der Waals surface area contributed by atoms with Crippen molar-refractivity contribution >= 4 is 55.5 Å². The second kappa shape index (κ2) is 17.7. The number of piperazine rings is 1. The van der Waals surface area contributed by atoms with E-state index in [1.165, 1.54) is 29.0 Å². The van der Waals surface area contributed by atoms with E-state index < -0.39 is 25.7 Å². The molecule has 330 valence electrons. The Labute approximate surface area is 377 Å². The first-order chi connectivity index (χ1) is 30.8. The van der Waals surface area contributed by atoms with Crippen LogP contribution in [0.3, 0.4) is 0 Å². The van der Waals surface area contributed by atoms with Crippen LogP contribution in [0, 0.1) is 21.4 Å². The van der Waals surface area contributed by atoms with E-state index in [2.05, 4.69) is 50.5 Å². The Morgan fingerprint density at radius 1 is 1.02 bits per heavy atom. The van der Waals surface area contributed by atoms with Gasteiger partial charge in [0.25, 0.3) is 21.6 Å². The number of rotatable bonds is 12. The fraction of sp³-hybridized carbons (Fsp3) is 0.306. The van der Waals surface area contributed by atoms with Gasteiger partial charge in [-0.2, -0.15) is 0 Å². The highest BCUT2D eigenvalue weighted by atomic mass is 35.5. The van der Waals surface area contributed by atoms with Crippen molar-refractivity contribution in [1.82, 2.24) is 19.6 Å². The molecular formula is C49H49ClN6O7S. The topological polar surface area (TPSA) is 160 Å². The highest BCUT2D eigenvalue weighted by molar-refractivity contribution is 7.90. The second-order valence-corrected chi connectivity index (χ2v) is 19.9. The van der Waals surface area contributed by atoms with Gasteiger partial charge in [-0.15, -0.1) is 0 Å². The highest BCUT2D eigenvalue weighted by Crippen LogP contribution is 2.44. The van der Waals surface area contributed by atoms with E-state index in [0.717, 1.165) is 79.7 Å². The molecule has 4 aromatic carbocycles. The minimum atomic E-state index is -4.63. The lowest BCUT2D eigenvalue weighted by Gasteiger charge is -2.39. The zero-order chi connectivity index (χ0) is 44.6. The summed E-state index contributed by atoms with van der Waals surface area (Å²) in [5, 5.41) is 13.9. The Balaban J connectivity index is 0.945. The number of nitro benzene ring substituents is 1. The van der Waals surface area contributed by atoms with Crippen molar-refractivity contribution in [3.63, 3.8) is 0 Å². The first-order valence-corrected chi connectivity index (χ1v) is 23.4. The molecule has 9 rings (SSSR count). The largest absolute Gasteiger partial charge is 0.493 e. The summed E-state index contributed by atoms with van der Waals surface area (Å²) in [6.07, 6.45) is 7.45. The third-order valence-electron chi connectivity index (χ3n) is 12.6. The number of carbonyl (C=O) groups excluding carboxylic acids is 1. The van der Waals surface area contributed by atoms with Crippen LogP contribution in [0.4, 0.5) is 11.4 Å². The van der Waals surface area contributed by atoms with E-state index in [4.69, 9.17) is 21.1 Å². The summed E-state index contributed by atoms with van der Waals surface area (Å²) in [5.74, 6) is -0.439. The monoisotopic (exact) mass is 900 g/mol. The van der Waals surface area contributed by atoms with Crippen LogP contribution in [0.25, 0.3) is 16.6 Å². The van der Waals surface area contributed by atoms with Crippen molar-refractivity contribution in [2.45, 2.75) is 50.8 Å². The average molecular weight is 901 g/mol. The van der Waals surface area contributed by atoms with Crippen molar-refractivity contribution in [2.75, 3.05) is 44.2 Å².